The molecule has 134 valence electrons. The lowest BCUT2D eigenvalue weighted by Gasteiger charge is -2.15. The van der Waals surface area contributed by atoms with Gasteiger partial charge in [-0.1, -0.05) is 60.7 Å². The molecule has 0 bridgehead atoms. The quantitative estimate of drug-likeness (QED) is 0.567. The second kappa shape index (κ2) is 8.92. The van der Waals surface area contributed by atoms with Crippen molar-refractivity contribution in [3.63, 3.8) is 0 Å². The van der Waals surface area contributed by atoms with E-state index < -0.39 is 0 Å². The number of hydrogen-bond donors (Lipinski definition) is 0. The molecule has 1 aliphatic heterocycles. The molecule has 1 atom stereocenters. The van der Waals surface area contributed by atoms with Crippen LogP contribution in [-0.2, 0) is 9.53 Å². The van der Waals surface area contributed by atoms with Gasteiger partial charge in [-0.05, 0) is 25.7 Å². The molecule has 0 aromatic heterocycles. The lowest BCUT2D eigenvalue weighted by atomic mass is 10.2. The predicted molar refractivity (Wildman–Crippen MR) is 109 cm³/mol. The summed E-state index contributed by atoms with van der Waals surface area (Å²) in [6, 6.07) is 10.1. The number of benzene rings is 1. The summed E-state index contributed by atoms with van der Waals surface area (Å²) in [6.45, 7) is 4.28. The average molecular weight is 359 g/mol. The van der Waals surface area contributed by atoms with E-state index in [0.717, 1.165) is 21.2 Å². The van der Waals surface area contributed by atoms with Crippen molar-refractivity contribution in [1.82, 2.24) is 4.90 Å². The zero-order chi connectivity index (χ0) is 18.4. The fourth-order valence-electron chi connectivity index (χ4n) is 2.42. The van der Waals surface area contributed by atoms with Gasteiger partial charge in [0.2, 0.25) is 0 Å². The molecule has 0 aliphatic carbocycles. The minimum Gasteiger partial charge on any atom is -0.469 e. The Kier molecular flexibility index (Phi) is 6.91. The summed E-state index contributed by atoms with van der Waals surface area (Å²) < 4.78 is 4.90. The van der Waals surface area contributed by atoms with Gasteiger partial charge < -0.3 is 4.74 Å². The van der Waals surface area contributed by atoms with Gasteiger partial charge in [-0.3, -0.25) is 9.69 Å². The van der Waals surface area contributed by atoms with Crippen molar-refractivity contribution in [3.8, 4) is 0 Å². The zero-order valence-corrected chi connectivity index (χ0v) is 16.3. The van der Waals surface area contributed by atoms with Crippen molar-refractivity contribution < 1.29 is 9.53 Å². The molecule has 0 spiro atoms. The van der Waals surface area contributed by atoms with Gasteiger partial charge in [0.15, 0.2) is 0 Å². The lowest BCUT2D eigenvalue weighted by Crippen LogP contribution is -2.13. The Labute approximate surface area is 152 Å². The van der Waals surface area contributed by atoms with Gasteiger partial charge in [-0.2, -0.15) is 0 Å². The second-order valence-corrected chi connectivity index (χ2v) is 8.11. The predicted octanol–water partition coefficient (Wildman–Crippen LogP) is 4.13. The van der Waals surface area contributed by atoms with Crippen LogP contribution in [0.4, 0.5) is 0 Å². The van der Waals surface area contributed by atoms with Crippen LogP contribution in [0.1, 0.15) is 25.8 Å². The van der Waals surface area contributed by atoms with Gasteiger partial charge in [0.1, 0.15) is 0 Å². The molecule has 0 N–H and O–H groups in total. The summed E-state index contributed by atoms with van der Waals surface area (Å²) in [5, 5.41) is 1.11. The molecule has 0 radical (unpaired) electrons. The van der Waals surface area contributed by atoms with Gasteiger partial charge in [-0.25, -0.2) is 4.99 Å². The smallest absolute Gasteiger partial charge is 0.310 e. The maximum absolute atomic E-state index is 11.9. The number of rotatable bonds is 6. The number of allylic oxidation sites excluding steroid dienone is 1. The third kappa shape index (κ3) is 5.25. The van der Waals surface area contributed by atoms with E-state index in [4.69, 9.17) is 9.73 Å². The molecule has 1 heterocycles. The largest absolute Gasteiger partial charge is 0.469 e. The number of nitrogens with zero attached hydrogens (tertiary/aromatic N) is 2. The first-order chi connectivity index (χ1) is 11.9. The summed E-state index contributed by atoms with van der Waals surface area (Å²) in [7, 11) is 5.13. The van der Waals surface area contributed by atoms with Crippen LogP contribution in [0.2, 0.25) is 0 Å². The molecule has 0 fully saturated rings. The number of ether oxygens (including phenoxy) is 1. The summed E-state index contributed by atoms with van der Waals surface area (Å²) >= 11 is 0. The van der Waals surface area contributed by atoms with Crippen molar-refractivity contribution in [3.05, 3.63) is 52.6 Å². The third-order valence-electron chi connectivity index (χ3n) is 3.58. The summed E-state index contributed by atoms with van der Waals surface area (Å²) in [6.07, 6.45) is 4.31. The van der Waals surface area contributed by atoms with E-state index in [1.165, 1.54) is 7.11 Å². The van der Waals surface area contributed by atoms with E-state index in [0.29, 0.717) is 5.92 Å². The van der Waals surface area contributed by atoms with Crippen molar-refractivity contribution in [2.75, 3.05) is 21.2 Å². The van der Waals surface area contributed by atoms with Gasteiger partial charge in [0.25, 0.3) is 0 Å². The van der Waals surface area contributed by atoms with Crippen LogP contribution in [0, 0.1) is 5.92 Å². The monoisotopic (exact) mass is 358 g/mol. The van der Waals surface area contributed by atoms with Gasteiger partial charge in [-0.15, -0.1) is 0 Å². The Hall–Kier alpha value is -1.98. The van der Waals surface area contributed by atoms with Crippen LogP contribution in [0.3, 0.4) is 0 Å². The molecule has 25 heavy (non-hydrogen) atoms. The molecule has 0 saturated heterocycles. The minimum atomic E-state index is -0.295. The highest BCUT2D eigenvalue weighted by molar-refractivity contribution is 8.31. The topological polar surface area (TPSA) is 41.9 Å². The van der Waals surface area contributed by atoms with Gasteiger partial charge in [0, 0.05) is 16.3 Å². The molecule has 1 aliphatic rings. The molecule has 5 heteroatoms. The van der Waals surface area contributed by atoms with Crippen molar-refractivity contribution in [1.29, 1.82) is 0 Å². The van der Waals surface area contributed by atoms with Crippen LogP contribution in [0.25, 0.3) is 6.08 Å². The number of hydrogen-bond acceptors (Lipinski definition) is 3. The van der Waals surface area contributed by atoms with Crippen molar-refractivity contribution >= 4 is 33.1 Å². The summed E-state index contributed by atoms with van der Waals surface area (Å²) in [4.78, 5) is 19.9. The molecule has 4 nitrogen and oxygen atoms in total. The molecule has 1 unspecified atom stereocenters. The Morgan fingerprint density at radius 2 is 1.92 bits per heavy atom. The SMILES string of the molecule is COC(=O)CC1=C(C=Cc2ccccc2)N=C(C(C)C)S1=CN(C)C. The van der Waals surface area contributed by atoms with E-state index in [9.17, 15) is 4.79 Å². The van der Waals surface area contributed by atoms with Crippen LogP contribution >= 0.6 is 10.5 Å². The van der Waals surface area contributed by atoms with E-state index in [2.05, 4.69) is 19.3 Å². The molecule has 0 amide bonds. The van der Waals surface area contributed by atoms with E-state index in [-0.39, 0.29) is 22.9 Å². The first-order valence-corrected chi connectivity index (χ1v) is 9.57. The average Bonchev–Trinajstić information content (AvgIpc) is 2.91. The number of methoxy groups -OCH3 is 1. The van der Waals surface area contributed by atoms with E-state index >= 15 is 0 Å². The van der Waals surface area contributed by atoms with Gasteiger partial charge in [0.05, 0.1) is 24.3 Å². The van der Waals surface area contributed by atoms with Crippen molar-refractivity contribution in [2.45, 2.75) is 20.3 Å². The molecule has 2 rings (SSSR count). The maximum Gasteiger partial charge on any atom is 0.310 e. The highest BCUT2D eigenvalue weighted by Gasteiger charge is 2.26. The summed E-state index contributed by atoms with van der Waals surface area (Å²) in [5.41, 5.74) is 4.12. The number of carbonyl (C=O) groups is 1. The van der Waals surface area contributed by atoms with Gasteiger partial charge >= 0.3 is 5.97 Å². The standard InChI is InChI=1S/C20H26N2O2S/c1-15(2)20-21-17(12-11-16-9-7-6-8-10-16)18(13-19(23)24-5)25(20)14-22(3)4/h6-12,14-15H,13H2,1-5H3. The van der Waals surface area contributed by atoms with Crippen LogP contribution in [0.15, 0.2) is 52.0 Å². The summed E-state index contributed by atoms with van der Waals surface area (Å²) in [5.74, 6) is 0.0836. The first-order valence-electron chi connectivity index (χ1n) is 8.28. The van der Waals surface area contributed by atoms with E-state index in [1.807, 2.05) is 61.5 Å². The second-order valence-electron chi connectivity index (χ2n) is 6.32. The Bertz CT molecular complexity index is 744. The van der Waals surface area contributed by atoms with Crippen LogP contribution in [0.5, 0.6) is 0 Å². The maximum atomic E-state index is 11.9. The Morgan fingerprint density at radius 3 is 2.48 bits per heavy atom. The van der Waals surface area contributed by atoms with Crippen molar-refractivity contribution in [2.24, 2.45) is 10.9 Å². The Balaban J connectivity index is 2.47. The minimum absolute atomic E-state index is 0.231. The highest BCUT2D eigenvalue weighted by atomic mass is 32.2. The Morgan fingerprint density at radius 1 is 1.24 bits per heavy atom. The highest BCUT2D eigenvalue weighted by Crippen LogP contribution is 2.42. The third-order valence-corrected chi connectivity index (χ3v) is 6.11. The molecular weight excluding hydrogens is 332 g/mol. The van der Waals surface area contributed by atoms with Crippen LogP contribution in [-0.4, -0.2) is 42.6 Å². The number of esters is 1. The molecule has 1 aromatic carbocycles. The fourth-order valence-corrected chi connectivity index (χ4v) is 4.65. The normalized spacial score (nSPS) is 17.9. The fraction of sp³-hybridized carbons (Fsp3) is 0.350. The van der Waals surface area contributed by atoms with Crippen LogP contribution < -0.4 is 0 Å². The zero-order valence-electron chi connectivity index (χ0n) is 15.5. The number of aliphatic imine (C=N–C) groups is 1. The number of carbonyl (C=O) groups excluding carboxylic acids is 1. The van der Waals surface area contributed by atoms with E-state index in [1.54, 1.807) is 0 Å². The molecule has 1 aromatic rings. The first kappa shape index (κ1) is 19.3. The molecule has 0 saturated carbocycles. The lowest BCUT2D eigenvalue weighted by molar-refractivity contribution is -0.139. The molecular formula is C20H26N2O2S.